The largest absolute Gasteiger partial charge is 0.508 e. The van der Waals surface area contributed by atoms with Gasteiger partial charge in [0.15, 0.2) is 5.82 Å². The lowest BCUT2D eigenvalue weighted by Crippen LogP contribution is -2.51. The van der Waals surface area contributed by atoms with E-state index in [9.17, 15) is 5.11 Å². The summed E-state index contributed by atoms with van der Waals surface area (Å²) >= 11 is 0. The van der Waals surface area contributed by atoms with Gasteiger partial charge in [0.1, 0.15) is 23.7 Å². The smallest absolute Gasteiger partial charge is 0.319 e. The number of phenolic OH excluding ortho intramolecular Hbond substituents is 1. The van der Waals surface area contributed by atoms with Crippen LogP contribution in [0, 0.1) is 5.82 Å². The number of halogens is 1. The van der Waals surface area contributed by atoms with E-state index in [1.165, 1.54) is 0 Å². The van der Waals surface area contributed by atoms with Crippen LogP contribution in [0.1, 0.15) is 32.6 Å². The molecule has 7 nitrogen and oxygen atoms in total. The van der Waals surface area contributed by atoms with E-state index in [0.29, 0.717) is 41.2 Å². The number of hydrogen-bond donors (Lipinski definition) is 2. The van der Waals surface area contributed by atoms with Crippen molar-refractivity contribution >= 4 is 27.5 Å². The topological polar surface area (TPSA) is 73.8 Å². The quantitative estimate of drug-likeness (QED) is 0.362. The number of aromatic nitrogens is 2. The molecule has 39 heavy (non-hydrogen) atoms. The number of ether oxygens (including phenoxy) is 1. The molecule has 8 heteroatoms. The number of phenols is 1. The second kappa shape index (κ2) is 9.92. The third kappa shape index (κ3) is 4.45. The molecule has 0 aliphatic carbocycles. The van der Waals surface area contributed by atoms with Crippen LogP contribution < -0.4 is 15.0 Å². The molecule has 4 aromatic rings. The minimum atomic E-state index is -0.425. The van der Waals surface area contributed by atoms with Gasteiger partial charge in [0, 0.05) is 42.2 Å². The summed E-state index contributed by atoms with van der Waals surface area (Å²) in [6.07, 6.45) is 4.53. The Morgan fingerprint density at radius 2 is 1.82 bits per heavy atom. The van der Waals surface area contributed by atoms with Crippen molar-refractivity contribution in [1.82, 2.24) is 20.2 Å². The van der Waals surface area contributed by atoms with Crippen LogP contribution in [-0.4, -0.2) is 70.9 Å². The number of fused-ring (bicyclic) bond motifs is 4. The molecule has 3 aliphatic heterocycles. The molecule has 0 spiro atoms. The molecule has 3 saturated heterocycles. The van der Waals surface area contributed by atoms with E-state index >= 15 is 4.39 Å². The summed E-state index contributed by atoms with van der Waals surface area (Å²) in [6, 6.07) is 16.1. The standard InChI is InChI=1S/C31H34FN5O2/c1-2-36-13-5-7-22(36)18-39-31-34-29-26(30(35-31)37-16-20-9-10-21(17-37)33-20)12-11-25(28(29)32)27-15-23(38)14-19-6-3-4-8-24(19)27/h3-4,6,8,11-12,14-15,20-22,33,38H,2,5,7,9-10,13,16-18H2,1H3/t20-,21+,22-/m0/s1. The first-order chi connectivity index (χ1) is 19.1. The van der Waals surface area contributed by atoms with Crippen molar-refractivity contribution in [2.45, 2.75) is 50.7 Å². The van der Waals surface area contributed by atoms with E-state index < -0.39 is 5.82 Å². The SMILES string of the molecule is CCN1CCC[C@H]1COc1nc(N2C[C@H]3CC[C@@H](C2)N3)c2ccc(-c3cc(O)cc4ccccc34)c(F)c2n1. The molecular weight excluding hydrogens is 493 g/mol. The fourth-order valence-electron chi connectivity index (χ4n) is 6.80. The van der Waals surface area contributed by atoms with E-state index in [2.05, 4.69) is 27.0 Å². The Labute approximate surface area is 227 Å². The van der Waals surface area contributed by atoms with Crippen LogP contribution in [0.25, 0.3) is 32.8 Å². The Kier molecular flexibility index (Phi) is 6.24. The molecule has 3 fully saturated rings. The molecule has 0 unspecified atom stereocenters. The van der Waals surface area contributed by atoms with Gasteiger partial charge in [-0.1, -0.05) is 37.3 Å². The third-order valence-corrected chi connectivity index (χ3v) is 8.73. The predicted molar refractivity (Wildman–Crippen MR) is 152 cm³/mol. The Hall–Kier alpha value is -3.49. The van der Waals surface area contributed by atoms with E-state index in [0.717, 1.165) is 68.5 Å². The molecule has 1 aromatic heterocycles. The third-order valence-electron chi connectivity index (χ3n) is 8.73. The molecule has 202 valence electrons. The van der Waals surface area contributed by atoms with Gasteiger partial charge in [-0.2, -0.15) is 9.97 Å². The van der Waals surface area contributed by atoms with Crippen LogP contribution in [-0.2, 0) is 0 Å². The molecule has 3 atom stereocenters. The molecule has 2 N–H and O–H groups in total. The number of nitrogens with one attached hydrogen (secondary N) is 1. The summed E-state index contributed by atoms with van der Waals surface area (Å²) in [5.74, 6) is 0.410. The summed E-state index contributed by atoms with van der Waals surface area (Å²) in [5.41, 5.74) is 1.29. The summed E-state index contributed by atoms with van der Waals surface area (Å²) in [7, 11) is 0. The van der Waals surface area contributed by atoms with Crippen LogP contribution in [0.15, 0.2) is 48.5 Å². The fraction of sp³-hybridized carbons (Fsp3) is 0.419. The molecule has 3 aliphatic rings. The van der Waals surface area contributed by atoms with Crippen molar-refractivity contribution in [3.63, 3.8) is 0 Å². The summed E-state index contributed by atoms with van der Waals surface area (Å²) < 4.78 is 22.7. The van der Waals surface area contributed by atoms with Crippen molar-refractivity contribution in [1.29, 1.82) is 0 Å². The van der Waals surface area contributed by atoms with E-state index in [1.807, 2.05) is 30.3 Å². The van der Waals surface area contributed by atoms with Gasteiger partial charge in [0.2, 0.25) is 0 Å². The Morgan fingerprint density at radius 1 is 1.00 bits per heavy atom. The zero-order chi connectivity index (χ0) is 26.5. The average molecular weight is 528 g/mol. The molecule has 4 heterocycles. The number of nitrogens with zero attached hydrogens (tertiary/aromatic N) is 4. The zero-order valence-corrected chi connectivity index (χ0v) is 22.2. The highest BCUT2D eigenvalue weighted by atomic mass is 19.1. The predicted octanol–water partition coefficient (Wildman–Crippen LogP) is 5.10. The Bertz CT molecular complexity index is 1530. The summed E-state index contributed by atoms with van der Waals surface area (Å²) in [6.45, 7) is 6.38. The average Bonchev–Trinajstić information content (AvgIpc) is 3.56. The number of anilines is 1. The number of piperazine rings is 1. The fourth-order valence-corrected chi connectivity index (χ4v) is 6.80. The Balaban J connectivity index is 1.34. The van der Waals surface area contributed by atoms with Crippen molar-refractivity contribution in [2.75, 3.05) is 37.7 Å². The maximum Gasteiger partial charge on any atom is 0.319 e. The highest BCUT2D eigenvalue weighted by molar-refractivity contribution is 6.01. The van der Waals surface area contributed by atoms with Gasteiger partial charge in [0.05, 0.1) is 0 Å². The van der Waals surface area contributed by atoms with Gasteiger partial charge >= 0.3 is 6.01 Å². The minimum absolute atomic E-state index is 0.101. The van der Waals surface area contributed by atoms with Crippen molar-refractivity contribution < 1.29 is 14.2 Å². The Morgan fingerprint density at radius 3 is 2.64 bits per heavy atom. The van der Waals surface area contributed by atoms with Gasteiger partial charge in [-0.25, -0.2) is 4.39 Å². The van der Waals surface area contributed by atoms with Gasteiger partial charge in [-0.15, -0.1) is 0 Å². The number of hydrogen-bond acceptors (Lipinski definition) is 7. The zero-order valence-electron chi connectivity index (χ0n) is 22.2. The molecular formula is C31H34FN5O2. The van der Waals surface area contributed by atoms with Crippen molar-refractivity contribution in [3.8, 4) is 22.9 Å². The van der Waals surface area contributed by atoms with E-state index in [-0.39, 0.29) is 17.3 Å². The van der Waals surface area contributed by atoms with Gasteiger partial charge in [0.25, 0.3) is 0 Å². The minimum Gasteiger partial charge on any atom is -0.508 e. The lowest BCUT2D eigenvalue weighted by molar-refractivity contribution is 0.170. The first-order valence-corrected chi connectivity index (χ1v) is 14.2. The number of likely N-dealkylation sites (tertiary alicyclic amines) is 1. The highest BCUT2D eigenvalue weighted by Crippen LogP contribution is 2.39. The van der Waals surface area contributed by atoms with Crippen LogP contribution >= 0.6 is 0 Å². The van der Waals surface area contributed by atoms with Crippen molar-refractivity contribution in [3.05, 3.63) is 54.3 Å². The van der Waals surface area contributed by atoms with Crippen molar-refractivity contribution in [2.24, 2.45) is 0 Å². The lowest BCUT2D eigenvalue weighted by Gasteiger charge is -2.34. The van der Waals surface area contributed by atoms with Crippen LogP contribution in [0.4, 0.5) is 10.2 Å². The second-order valence-electron chi connectivity index (χ2n) is 11.1. The highest BCUT2D eigenvalue weighted by Gasteiger charge is 2.34. The molecule has 0 amide bonds. The van der Waals surface area contributed by atoms with Crippen LogP contribution in [0.5, 0.6) is 11.8 Å². The molecule has 0 radical (unpaired) electrons. The summed E-state index contributed by atoms with van der Waals surface area (Å²) in [5, 5.41) is 16.5. The maximum atomic E-state index is 16.5. The first-order valence-electron chi connectivity index (χ1n) is 14.2. The first kappa shape index (κ1) is 24.5. The second-order valence-corrected chi connectivity index (χ2v) is 11.1. The monoisotopic (exact) mass is 527 g/mol. The lowest BCUT2D eigenvalue weighted by atomic mass is 9.96. The maximum absolute atomic E-state index is 16.5. The normalized spacial score (nSPS) is 23.2. The molecule has 0 saturated carbocycles. The van der Waals surface area contributed by atoms with Crippen LogP contribution in [0.2, 0.25) is 0 Å². The van der Waals surface area contributed by atoms with Gasteiger partial charge in [-0.3, -0.25) is 4.90 Å². The number of aromatic hydroxyl groups is 1. The number of rotatable bonds is 6. The van der Waals surface area contributed by atoms with Crippen LogP contribution in [0.3, 0.4) is 0 Å². The molecule has 2 bridgehead atoms. The molecule has 3 aromatic carbocycles. The van der Waals surface area contributed by atoms with E-state index in [1.54, 1.807) is 18.2 Å². The molecule has 7 rings (SSSR count). The van der Waals surface area contributed by atoms with E-state index in [4.69, 9.17) is 9.72 Å². The summed E-state index contributed by atoms with van der Waals surface area (Å²) in [4.78, 5) is 14.2. The van der Waals surface area contributed by atoms with Gasteiger partial charge in [-0.05, 0) is 73.3 Å². The van der Waals surface area contributed by atoms with Gasteiger partial charge < -0.3 is 20.1 Å². The number of benzene rings is 3. The number of likely N-dealkylation sites (N-methyl/N-ethyl adjacent to an activating group) is 1.